The molecule has 0 aliphatic carbocycles. The maximum absolute atomic E-state index is 8.59. The zero-order valence-electron chi connectivity index (χ0n) is 9.80. The lowest BCUT2D eigenvalue weighted by Crippen LogP contribution is -1.98. The lowest BCUT2D eigenvalue weighted by molar-refractivity contribution is 0.359. The highest BCUT2D eigenvalue weighted by molar-refractivity contribution is 6.32. The van der Waals surface area contributed by atoms with E-state index < -0.39 is 0 Å². The molecule has 0 radical (unpaired) electrons. The minimum Gasteiger partial charge on any atom is -0.339 e. The van der Waals surface area contributed by atoms with E-state index in [1.165, 1.54) is 0 Å². The highest BCUT2D eigenvalue weighted by atomic mass is 35.5. The minimum atomic E-state index is 0.183. The fraction of sp³-hybridized carbons (Fsp3) is 0.333. The van der Waals surface area contributed by atoms with Gasteiger partial charge in [-0.25, -0.2) is 0 Å². The first kappa shape index (κ1) is 12.5. The van der Waals surface area contributed by atoms with E-state index in [0.717, 1.165) is 0 Å². The average molecular weight is 263 g/mol. The molecule has 2 aromatic rings. The summed E-state index contributed by atoms with van der Waals surface area (Å²) in [5.41, 5.74) is 0.502. The Labute approximate surface area is 109 Å². The molecule has 2 rings (SSSR count). The third-order valence-electron chi connectivity index (χ3n) is 2.40. The number of rotatable bonds is 4. The maximum atomic E-state index is 8.59. The molecule has 2 aromatic heterocycles. The third kappa shape index (κ3) is 2.84. The molecule has 0 aromatic carbocycles. The summed E-state index contributed by atoms with van der Waals surface area (Å²) < 4.78 is 5.12. The molecule has 1 atom stereocenters. The molecule has 0 N–H and O–H groups in total. The van der Waals surface area contributed by atoms with E-state index in [-0.39, 0.29) is 5.92 Å². The van der Waals surface area contributed by atoms with Crippen molar-refractivity contribution in [2.45, 2.75) is 19.8 Å². The van der Waals surface area contributed by atoms with Gasteiger partial charge in [0.15, 0.2) is 0 Å². The van der Waals surface area contributed by atoms with Crippen molar-refractivity contribution in [1.29, 1.82) is 5.26 Å². The molecule has 92 valence electrons. The molecular formula is C12H11ClN4O. The normalized spacial score (nSPS) is 12.1. The van der Waals surface area contributed by atoms with Gasteiger partial charge in [0.2, 0.25) is 11.7 Å². The van der Waals surface area contributed by atoms with Crippen molar-refractivity contribution >= 4 is 11.6 Å². The molecule has 0 saturated heterocycles. The van der Waals surface area contributed by atoms with Crippen LogP contribution < -0.4 is 0 Å². The van der Waals surface area contributed by atoms with Gasteiger partial charge in [0.1, 0.15) is 5.69 Å². The topological polar surface area (TPSA) is 75.6 Å². The quantitative estimate of drug-likeness (QED) is 0.847. The van der Waals surface area contributed by atoms with Crippen molar-refractivity contribution in [1.82, 2.24) is 15.1 Å². The van der Waals surface area contributed by atoms with Gasteiger partial charge in [-0.1, -0.05) is 23.7 Å². The first-order valence-electron chi connectivity index (χ1n) is 5.51. The third-order valence-corrected chi connectivity index (χ3v) is 2.71. The van der Waals surface area contributed by atoms with Crippen LogP contribution in [0.2, 0.25) is 5.02 Å². The van der Waals surface area contributed by atoms with Crippen LogP contribution in [0.1, 0.15) is 19.2 Å². The first-order valence-corrected chi connectivity index (χ1v) is 5.89. The molecular weight excluding hydrogens is 252 g/mol. The number of hydrogen-bond donors (Lipinski definition) is 0. The van der Waals surface area contributed by atoms with Gasteiger partial charge < -0.3 is 4.52 Å². The number of pyridine rings is 1. The SMILES string of the molecule is CC(CC#N)Cc1nc(-c2ncccc2Cl)no1. The predicted octanol–water partition coefficient (Wildman–Crippen LogP) is 2.88. The zero-order chi connectivity index (χ0) is 13.0. The van der Waals surface area contributed by atoms with Crippen LogP contribution in [0, 0.1) is 17.2 Å². The van der Waals surface area contributed by atoms with Gasteiger partial charge >= 0.3 is 0 Å². The molecule has 0 amide bonds. The van der Waals surface area contributed by atoms with Gasteiger partial charge in [0, 0.05) is 19.0 Å². The van der Waals surface area contributed by atoms with Gasteiger partial charge in [-0.05, 0) is 18.1 Å². The van der Waals surface area contributed by atoms with Gasteiger partial charge in [0.05, 0.1) is 11.1 Å². The summed E-state index contributed by atoms with van der Waals surface area (Å²) in [7, 11) is 0. The number of aromatic nitrogens is 3. The van der Waals surface area contributed by atoms with E-state index in [1.807, 2.05) is 6.92 Å². The Hall–Kier alpha value is -1.93. The van der Waals surface area contributed by atoms with Gasteiger partial charge in [-0.2, -0.15) is 10.2 Å². The van der Waals surface area contributed by atoms with Crippen molar-refractivity contribution < 1.29 is 4.52 Å². The van der Waals surface area contributed by atoms with Gasteiger partial charge in [-0.15, -0.1) is 0 Å². The van der Waals surface area contributed by atoms with Crippen LogP contribution in [0.3, 0.4) is 0 Å². The monoisotopic (exact) mass is 262 g/mol. The molecule has 0 aliphatic heterocycles. The maximum Gasteiger partial charge on any atom is 0.227 e. The molecule has 2 heterocycles. The van der Waals surface area contributed by atoms with E-state index in [2.05, 4.69) is 21.2 Å². The summed E-state index contributed by atoms with van der Waals surface area (Å²) in [6.07, 6.45) is 2.66. The van der Waals surface area contributed by atoms with Crippen LogP contribution in [-0.2, 0) is 6.42 Å². The Bertz CT molecular complexity index is 575. The summed E-state index contributed by atoms with van der Waals surface area (Å²) in [5, 5.41) is 12.9. The lowest BCUT2D eigenvalue weighted by Gasteiger charge is -2.00. The Morgan fingerprint density at radius 3 is 3.11 bits per heavy atom. The molecule has 6 heteroatoms. The fourth-order valence-electron chi connectivity index (χ4n) is 1.51. The summed E-state index contributed by atoms with van der Waals surface area (Å²) in [4.78, 5) is 8.34. The van der Waals surface area contributed by atoms with Crippen LogP contribution in [-0.4, -0.2) is 15.1 Å². The van der Waals surface area contributed by atoms with Gasteiger partial charge in [0.25, 0.3) is 0 Å². The molecule has 0 saturated carbocycles. The average Bonchev–Trinajstić information content (AvgIpc) is 2.78. The van der Waals surface area contributed by atoms with E-state index in [4.69, 9.17) is 21.4 Å². The van der Waals surface area contributed by atoms with Crippen LogP contribution in [0.4, 0.5) is 0 Å². The summed E-state index contributed by atoms with van der Waals surface area (Å²) in [6, 6.07) is 5.57. The van der Waals surface area contributed by atoms with E-state index in [9.17, 15) is 0 Å². The van der Waals surface area contributed by atoms with Crippen LogP contribution in [0.25, 0.3) is 11.5 Å². The second-order valence-electron chi connectivity index (χ2n) is 4.02. The highest BCUT2D eigenvalue weighted by Gasteiger charge is 2.14. The summed E-state index contributed by atoms with van der Waals surface area (Å²) in [5.74, 6) is 1.05. The molecule has 0 spiro atoms. The summed E-state index contributed by atoms with van der Waals surface area (Å²) in [6.45, 7) is 1.96. The Morgan fingerprint density at radius 1 is 1.56 bits per heavy atom. The first-order chi connectivity index (χ1) is 8.70. The predicted molar refractivity (Wildman–Crippen MR) is 65.6 cm³/mol. The van der Waals surface area contributed by atoms with E-state index >= 15 is 0 Å². The molecule has 0 bridgehead atoms. The number of nitrogens with zero attached hydrogens (tertiary/aromatic N) is 4. The van der Waals surface area contributed by atoms with Crippen molar-refractivity contribution in [3.63, 3.8) is 0 Å². The van der Waals surface area contributed by atoms with Crippen molar-refractivity contribution in [2.24, 2.45) is 5.92 Å². The van der Waals surface area contributed by atoms with E-state index in [1.54, 1.807) is 18.3 Å². The zero-order valence-corrected chi connectivity index (χ0v) is 10.6. The second kappa shape index (κ2) is 5.61. The van der Waals surface area contributed by atoms with Crippen molar-refractivity contribution in [3.8, 4) is 17.6 Å². The number of nitriles is 1. The van der Waals surface area contributed by atoms with Crippen LogP contribution in [0.15, 0.2) is 22.9 Å². The molecule has 0 aliphatic rings. The van der Waals surface area contributed by atoms with Crippen LogP contribution in [0.5, 0.6) is 0 Å². The Kier molecular flexibility index (Phi) is 3.90. The van der Waals surface area contributed by atoms with E-state index in [0.29, 0.717) is 35.3 Å². The Morgan fingerprint density at radius 2 is 2.39 bits per heavy atom. The molecule has 5 nitrogen and oxygen atoms in total. The summed E-state index contributed by atoms with van der Waals surface area (Å²) >= 11 is 6.00. The number of hydrogen-bond acceptors (Lipinski definition) is 5. The highest BCUT2D eigenvalue weighted by Crippen LogP contribution is 2.22. The van der Waals surface area contributed by atoms with Crippen LogP contribution >= 0.6 is 11.6 Å². The standard InChI is InChI=1S/C12H11ClN4O/c1-8(4-5-14)7-10-16-12(17-18-10)11-9(13)3-2-6-15-11/h2-3,6,8H,4,7H2,1H3. The minimum absolute atomic E-state index is 0.183. The van der Waals surface area contributed by atoms with Crippen molar-refractivity contribution in [2.75, 3.05) is 0 Å². The largest absolute Gasteiger partial charge is 0.339 e. The molecule has 0 fully saturated rings. The molecule has 18 heavy (non-hydrogen) atoms. The molecule has 1 unspecified atom stereocenters. The Balaban J connectivity index is 2.16. The van der Waals surface area contributed by atoms with Gasteiger partial charge in [-0.3, -0.25) is 4.98 Å². The fourth-order valence-corrected chi connectivity index (χ4v) is 1.72. The number of halogens is 1. The second-order valence-corrected chi connectivity index (χ2v) is 4.42. The smallest absolute Gasteiger partial charge is 0.227 e. The van der Waals surface area contributed by atoms with Crippen molar-refractivity contribution in [3.05, 3.63) is 29.2 Å². The lowest BCUT2D eigenvalue weighted by atomic mass is 10.1.